The van der Waals surface area contributed by atoms with Crippen LogP contribution >= 0.6 is 0 Å². The highest BCUT2D eigenvalue weighted by molar-refractivity contribution is 5.89. The van der Waals surface area contributed by atoms with E-state index in [9.17, 15) is 4.79 Å². The Hall–Kier alpha value is -1.59. The van der Waals surface area contributed by atoms with Gasteiger partial charge in [-0.3, -0.25) is 9.69 Å². The number of amides is 1. The SMILES string of the molecule is COc1cccc2c1CCC2(N)C(=O)N1CCN(C(C)C)CC1. The lowest BCUT2D eigenvalue weighted by Crippen LogP contribution is -2.57. The summed E-state index contributed by atoms with van der Waals surface area (Å²) in [5.74, 6) is 0.903. The van der Waals surface area contributed by atoms with Crippen LogP contribution in [0.25, 0.3) is 0 Å². The van der Waals surface area contributed by atoms with E-state index in [0.717, 1.165) is 49.5 Å². The Balaban J connectivity index is 1.80. The first-order valence-electron chi connectivity index (χ1n) is 8.46. The van der Waals surface area contributed by atoms with Crippen molar-refractivity contribution in [1.82, 2.24) is 9.80 Å². The van der Waals surface area contributed by atoms with Crippen molar-refractivity contribution in [3.8, 4) is 5.75 Å². The first-order valence-corrected chi connectivity index (χ1v) is 8.46. The van der Waals surface area contributed by atoms with Gasteiger partial charge in [-0.25, -0.2) is 0 Å². The topological polar surface area (TPSA) is 58.8 Å². The maximum atomic E-state index is 13.1. The van der Waals surface area contributed by atoms with Gasteiger partial charge < -0.3 is 15.4 Å². The minimum atomic E-state index is -0.899. The maximum absolute atomic E-state index is 13.1. The molecule has 0 radical (unpaired) electrons. The van der Waals surface area contributed by atoms with Gasteiger partial charge in [-0.1, -0.05) is 12.1 Å². The normalized spacial score (nSPS) is 24.8. The van der Waals surface area contributed by atoms with E-state index in [-0.39, 0.29) is 5.91 Å². The highest BCUT2D eigenvalue weighted by Crippen LogP contribution is 2.40. The molecule has 1 amide bonds. The van der Waals surface area contributed by atoms with Gasteiger partial charge in [0.1, 0.15) is 11.3 Å². The van der Waals surface area contributed by atoms with E-state index in [1.54, 1.807) is 7.11 Å². The molecule has 2 aliphatic rings. The number of carbonyl (C=O) groups excluding carboxylic acids is 1. The van der Waals surface area contributed by atoms with Gasteiger partial charge in [0.05, 0.1) is 7.11 Å². The van der Waals surface area contributed by atoms with Gasteiger partial charge in [0.2, 0.25) is 5.91 Å². The lowest BCUT2D eigenvalue weighted by molar-refractivity contribution is -0.139. The molecule has 0 aromatic heterocycles. The lowest BCUT2D eigenvalue weighted by Gasteiger charge is -2.40. The second-order valence-electron chi connectivity index (χ2n) is 6.88. The molecular formula is C18H27N3O2. The standard InChI is InChI=1S/C18H27N3O2/c1-13(2)20-9-11-21(12-10-20)17(22)18(19)8-7-14-15(18)5-4-6-16(14)23-3/h4-6,13H,7-12,19H2,1-3H3. The van der Waals surface area contributed by atoms with Crippen LogP contribution < -0.4 is 10.5 Å². The Morgan fingerprint density at radius 3 is 2.57 bits per heavy atom. The van der Waals surface area contributed by atoms with Crippen molar-refractivity contribution in [2.24, 2.45) is 5.73 Å². The van der Waals surface area contributed by atoms with E-state index < -0.39 is 5.54 Å². The first-order chi connectivity index (χ1) is 11.0. The van der Waals surface area contributed by atoms with Crippen molar-refractivity contribution in [3.63, 3.8) is 0 Å². The highest BCUT2D eigenvalue weighted by Gasteiger charge is 2.45. The molecule has 1 atom stereocenters. The third-order valence-corrected chi connectivity index (χ3v) is 5.32. The van der Waals surface area contributed by atoms with Gasteiger partial charge in [-0.05, 0) is 43.9 Å². The molecular weight excluding hydrogens is 290 g/mol. The summed E-state index contributed by atoms with van der Waals surface area (Å²) in [6, 6.07) is 6.37. The summed E-state index contributed by atoms with van der Waals surface area (Å²) in [5.41, 5.74) is 7.73. The minimum absolute atomic E-state index is 0.0629. The largest absolute Gasteiger partial charge is 0.496 e. The van der Waals surface area contributed by atoms with Gasteiger partial charge in [-0.15, -0.1) is 0 Å². The second-order valence-corrected chi connectivity index (χ2v) is 6.88. The third-order valence-electron chi connectivity index (χ3n) is 5.32. The summed E-state index contributed by atoms with van der Waals surface area (Å²) < 4.78 is 5.43. The number of hydrogen-bond donors (Lipinski definition) is 1. The van der Waals surface area contributed by atoms with Crippen LogP contribution in [0, 0.1) is 0 Å². The van der Waals surface area contributed by atoms with Gasteiger partial charge in [-0.2, -0.15) is 0 Å². The fourth-order valence-electron chi connectivity index (χ4n) is 3.84. The highest BCUT2D eigenvalue weighted by atomic mass is 16.5. The van der Waals surface area contributed by atoms with Crippen molar-refractivity contribution in [1.29, 1.82) is 0 Å². The quantitative estimate of drug-likeness (QED) is 0.914. The second kappa shape index (κ2) is 6.13. The fourth-order valence-corrected chi connectivity index (χ4v) is 3.84. The average Bonchev–Trinajstić information content (AvgIpc) is 2.93. The molecule has 23 heavy (non-hydrogen) atoms. The monoisotopic (exact) mass is 317 g/mol. The number of hydrogen-bond acceptors (Lipinski definition) is 4. The maximum Gasteiger partial charge on any atom is 0.247 e. The number of benzene rings is 1. The van der Waals surface area contributed by atoms with Crippen LogP contribution in [0.2, 0.25) is 0 Å². The molecule has 0 spiro atoms. The average molecular weight is 317 g/mol. The van der Waals surface area contributed by atoms with Crippen LogP contribution in [-0.4, -0.2) is 55.0 Å². The molecule has 0 bridgehead atoms. The Bertz CT molecular complexity index is 594. The van der Waals surface area contributed by atoms with E-state index in [1.165, 1.54) is 0 Å². The van der Waals surface area contributed by atoms with E-state index in [0.29, 0.717) is 12.5 Å². The summed E-state index contributed by atoms with van der Waals surface area (Å²) in [6.07, 6.45) is 1.46. The van der Waals surface area contributed by atoms with E-state index in [2.05, 4.69) is 18.7 Å². The molecule has 1 unspecified atom stereocenters. The molecule has 1 aliphatic heterocycles. The number of nitrogens with zero attached hydrogens (tertiary/aromatic N) is 2. The minimum Gasteiger partial charge on any atom is -0.496 e. The Morgan fingerprint density at radius 2 is 1.96 bits per heavy atom. The van der Waals surface area contributed by atoms with Crippen LogP contribution in [0.3, 0.4) is 0 Å². The number of methoxy groups -OCH3 is 1. The summed E-state index contributed by atoms with van der Waals surface area (Å²) in [5, 5.41) is 0. The molecule has 5 nitrogen and oxygen atoms in total. The number of ether oxygens (including phenoxy) is 1. The Kier molecular flexibility index (Phi) is 4.34. The zero-order valence-electron chi connectivity index (χ0n) is 14.3. The van der Waals surface area contributed by atoms with Crippen LogP contribution in [0.4, 0.5) is 0 Å². The summed E-state index contributed by atoms with van der Waals surface area (Å²) >= 11 is 0. The first kappa shape index (κ1) is 16.3. The molecule has 2 N–H and O–H groups in total. The summed E-state index contributed by atoms with van der Waals surface area (Å²) in [6.45, 7) is 7.75. The number of carbonyl (C=O) groups is 1. The van der Waals surface area contributed by atoms with Crippen LogP contribution in [0.5, 0.6) is 5.75 Å². The van der Waals surface area contributed by atoms with E-state index >= 15 is 0 Å². The zero-order valence-corrected chi connectivity index (χ0v) is 14.3. The Labute approximate surface area is 138 Å². The third kappa shape index (κ3) is 2.72. The predicted octanol–water partition coefficient (Wildman–Crippen LogP) is 1.35. The van der Waals surface area contributed by atoms with Crippen molar-refractivity contribution in [2.75, 3.05) is 33.3 Å². The lowest BCUT2D eigenvalue weighted by atomic mass is 9.91. The number of nitrogens with two attached hydrogens (primary N) is 1. The van der Waals surface area contributed by atoms with Crippen molar-refractivity contribution < 1.29 is 9.53 Å². The number of rotatable bonds is 3. The smallest absolute Gasteiger partial charge is 0.247 e. The summed E-state index contributed by atoms with van der Waals surface area (Å²) in [7, 11) is 1.67. The van der Waals surface area contributed by atoms with E-state index in [4.69, 9.17) is 10.5 Å². The molecule has 0 saturated carbocycles. The van der Waals surface area contributed by atoms with E-state index in [1.807, 2.05) is 23.1 Å². The number of fused-ring (bicyclic) bond motifs is 1. The van der Waals surface area contributed by atoms with Crippen molar-refractivity contribution in [3.05, 3.63) is 29.3 Å². The molecule has 1 aromatic rings. The van der Waals surface area contributed by atoms with Gasteiger partial charge in [0, 0.05) is 32.2 Å². The molecule has 1 fully saturated rings. The molecule has 3 rings (SSSR count). The van der Waals surface area contributed by atoms with Crippen molar-refractivity contribution >= 4 is 5.91 Å². The molecule has 5 heteroatoms. The molecule has 1 aliphatic carbocycles. The molecule has 126 valence electrons. The number of piperazine rings is 1. The summed E-state index contributed by atoms with van der Waals surface area (Å²) in [4.78, 5) is 17.4. The van der Waals surface area contributed by atoms with Gasteiger partial charge in [0.25, 0.3) is 0 Å². The molecule has 1 aromatic carbocycles. The van der Waals surface area contributed by atoms with Gasteiger partial charge in [0.15, 0.2) is 0 Å². The van der Waals surface area contributed by atoms with Crippen molar-refractivity contribution in [2.45, 2.75) is 38.3 Å². The van der Waals surface area contributed by atoms with Crippen LogP contribution in [0.15, 0.2) is 18.2 Å². The fraction of sp³-hybridized carbons (Fsp3) is 0.611. The van der Waals surface area contributed by atoms with Crippen LogP contribution in [-0.2, 0) is 16.8 Å². The Morgan fingerprint density at radius 1 is 1.26 bits per heavy atom. The molecule has 1 heterocycles. The van der Waals surface area contributed by atoms with Gasteiger partial charge >= 0.3 is 0 Å². The van der Waals surface area contributed by atoms with Crippen LogP contribution in [0.1, 0.15) is 31.4 Å². The zero-order chi connectivity index (χ0) is 16.6. The molecule has 1 saturated heterocycles. The predicted molar refractivity (Wildman–Crippen MR) is 90.5 cm³/mol.